The zero-order valence-corrected chi connectivity index (χ0v) is 18.3. The minimum atomic E-state index is -1.92. The summed E-state index contributed by atoms with van der Waals surface area (Å²) in [6, 6.07) is 3.09. The van der Waals surface area contributed by atoms with Crippen LogP contribution in [-0.2, 0) is 0 Å². The van der Waals surface area contributed by atoms with Gasteiger partial charge in [-0.05, 0) is 50.5 Å². The Kier molecular flexibility index (Phi) is 12.5. The van der Waals surface area contributed by atoms with Gasteiger partial charge in [-0.3, -0.25) is 0 Å². The van der Waals surface area contributed by atoms with Gasteiger partial charge in [0.1, 0.15) is 0 Å². The molecule has 4 heteroatoms. The number of rotatable bonds is 14. The molecule has 0 saturated heterocycles. The van der Waals surface area contributed by atoms with E-state index in [-0.39, 0.29) is 0 Å². The second kappa shape index (κ2) is 12.5. The predicted octanol–water partition coefficient (Wildman–Crippen LogP) is 4.92. The highest BCUT2D eigenvalue weighted by molar-refractivity contribution is 6.72. The quantitative estimate of drug-likeness (QED) is 0.392. The van der Waals surface area contributed by atoms with Crippen molar-refractivity contribution in [3.63, 3.8) is 0 Å². The van der Waals surface area contributed by atoms with E-state index in [1.807, 2.05) is 0 Å². The van der Waals surface area contributed by atoms with Crippen LogP contribution in [0.3, 0.4) is 0 Å². The summed E-state index contributed by atoms with van der Waals surface area (Å²) in [5, 5.41) is 0. The van der Waals surface area contributed by atoms with Crippen LogP contribution in [0.2, 0.25) is 6.04 Å². The topological polar surface area (TPSA) is 36.1 Å². The van der Waals surface area contributed by atoms with Gasteiger partial charge in [-0.15, -0.1) is 0 Å². The van der Waals surface area contributed by atoms with Crippen molar-refractivity contribution in [2.75, 3.05) is 0 Å². The van der Waals surface area contributed by atoms with Crippen LogP contribution in [0.15, 0.2) is 0 Å². The summed E-state index contributed by atoms with van der Waals surface area (Å²) in [5.41, 5.74) is 0. The molecule has 0 atom stereocenters. The average molecular weight is 344 g/mol. The highest BCUT2D eigenvalue weighted by Gasteiger charge is 2.39. The van der Waals surface area contributed by atoms with E-state index in [0.29, 0.717) is 24.0 Å². The van der Waals surface area contributed by atoms with Gasteiger partial charge in [-0.25, -0.2) is 0 Å². The van der Waals surface area contributed by atoms with E-state index in [9.17, 15) is 0 Å². The molecule has 0 heterocycles. The van der Waals surface area contributed by atoms with E-state index in [1.54, 1.807) is 0 Å². The minimum absolute atomic E-state index is 0.615. The number of nitrogens with one attached hydrogen (secondary N) is 3. The second-order valence-corrected chi connectivity index (χ2v) is 10.6. The Balaban J connectivity index is 5.48. The molecule has 0 amide bonds. The van der Waals surface area contributed by atoms with Gasteiger partial charge >= 0.3 is 0 Å². The third-order valence-corrected chi connectivity index (χ3v) is 9.15. The summed E-state index contributed by atoms with van der Waals surface area (Å²) in [6.07, 6.45) is 7.24. The van der Waals surface area contributed by atoms with Crippen molar-refractivity contribution in [2.24, 2.45) is 5.92 Å². The van der Waals surface area contributed by atoms with E-state index in [4.69, 9.17) is 0 Å². The molecule has 23 heavy (non-hydrogen) atoms. The Hall–Kier alpha value is 0.0969. The molecule has 0 aliphatic rings. The lowest BCUT2D eigenvalue weighted by atomic mass is 10.2. The van der Waals surface area contributed by atoms with Gasteiger partial charge in [-0.1, -0.05) is 55.4 Å². The number of hydrogen-bond acceptors (Lipinski definition) is 3. The molecule has 140 valence electrons. The molecule has 0 aromatic carbocycles. The van der Waals surface area contributed by atoms with Crippen LogP contribution < -0.4 is 14.9 Å². The molecule has 0 saturated carbocycles. The molecule has 0 radical (unpaired) electrons. The lowest BCUT2D eigenvalue weighted by molar-refractivity contribution is 0.469. The Bertz CT molecular complexity index is 236. The molecule has 0 unspecified atom stereocenters. The molecule has 0 rings (SSSR count). The average Bonchev–Trinajstić information content (AvgIpc) is 2.54. The van der Waals surface area contributed by atoms with E-state index in [0.717, 1.165) is 0 Å². The fourth-order valence-corrected chi connectivity index (χ4v) is 8.58. The van der Waals surface area contributed by atoms with Crippen molar-refractivity contribution in [2.45, 2.75) is 118 Å². The van der Waals surface area contributed by atoms with E-state index >= 15 is 0 Å². The monoisotopic (exact) mass is 343 g/mol. The molecule has 0 aliphatic carbocycles. The van der Waals surface area contributed by atoms with Crippen molar-refractivity contribution < 1.29 is 0 Å². The van der Waals surface area contributed by atoms with Crippen LogP contribution in [0.25, 0.3) is 0 Å². The highest BCUT2D eigenvalue weighted by Crippen LogP contribution is 2.16. The van der Waals surface area contributed by atoms with Crippen LogP contribution in [-0.4, -0.2) is 26.7 Å². The fraction of sp³-hybridized carbons (Fsp3) is 1.00. The molecule has 0 spiro atoms. The molecule has 0 aromatic rings. The molecule has 0 aromatic heterocycles. The van der Waals surface area contributed by atoms with E-state index in [1.165, 1.54) is 44.6 Å². The first kappa shape index (κ1) is 23.1. The van der Waals surface area contributed by atoms with Crippen LogP contribution >= 0.6 is 0 Å². The zero-order valence-electron chi connectivity index (χ0n) is 17.3. The van der Waals surface area contributed by atoms with Gasteiger partial charge in [0.05, 0.1) is 0 Å². The summed E-state index contributed by atoms with van der Waals surface area (Å²) in [4.78, 5) is 12.3. The first-order valence-electron chi connectivity index (χ1n) is 10.2. The lowest BCUT2D eigenvalue weighted by Gasteiger charge is -2.42. The summed E-state index contributed by atoms with van der Waals surface area (Å²) in [5.74, 6) is 0.701. The van der Waals surface area contributed by atoms with Crippen molar-refractivity contribution in [3.8, 4) is 0 Å². The molecular formula is C19H45N3Si. The number of hydrogen-bond donors (Lipinski definition) is 3. The second-order valence-electron chi connectivity index (χ2n) is 7.48. The predicted molar refractivity (Wildman–Crippen MR) is 108 cm³/mol. The maximum atomic E-state index is 4.11. The standard InChI is InChI=1S/C19H45N3Si/c1-9-17(10-2)20-23(15-16(7)8,21-18(11-3)12-4)22-19(13-5)14-6/h16-22H,9-15H2,1-8H3. The summed E-state index contributed by atoms with van der Waals surface area (Å²) in [6.45, 7) is 18.6. The molecule has 0 fully saturated rings. The van der Waals surface area contributed by atoms with E-state index < -0.39 is 8.56 Å². The third kappa shape index (κ3) is 8.66. The van der Waals surface area contributed by atoms with Crippen LogP contribution in [0, 0.1) is 5.92 Å². The minimum Gasteiger partial charge on any atom is -0.310 e. The first-order chi connectivity index (χ1) is 10.9. The van der Waals surface area contributed by atoms with Crippen LogP contribution in [0.4, 0.5) is 0 Å². The van der Waals surface area contributed by atoms with Gasteiger partial charge in [0.25, 0.3) is 8.56 Å². The molecule has 3 nitrogen and oxygen atoms in total. The molecule has 0 aliphatic heterocycles. The highest BCUT2D eigenvalue weighted by atomic mass is 28.4. The summed E-state index contributed by atoms with van der Waals surface area (Å²) in [7, 11) is -1.92. The SMILES string of the molecule is CCC(CC)N[Si](CC(C)C)(NC(CC)CC)NC(CC)CC. The molecule has 0 bridgehead atoms. The van der Waals surface area contributed by atoms with Gasteiger partial charge < -0.3 is 14.9 Å². The van der Waals surface area contributed by atoms with Crippen LogP contribution in [0.1, 0.15) is 93.9 Å². The molecule has 3 N–H and O–H groups in total. The largest absolute Gasteiger partial charge is 0.310 e. The van der Waals surface area contributed by atoms with Crippen LogP contribution in [0.5, 0.6) is 0 Å². The van der Waals surface area contributed by atoms with Gasteiger partial charge in [0, 0.05) is 18.1 Å². The van der Waals surface area contributed by atoms with Crippen molar-refractivity contribution in [3.05, 3.63) is 0 Å². The summed E-state index contributed by atoms with van der Waals surface area (Å²) < 4.78 is 0. The summed E-state index contributed by atoms with van der Waals surface area (Å²) >= 11 is 0. The third-order valence-electron chi connectivity index (χ3n) is 5.02. The smallest absolute Gasteiger partial charge is 0.282 e. The Labute approximate surface area is 148 Å². The Morgan fingerprint density at radius 3 is 1.00 bits per heavy atom. The lowest BCUT2D eigenvalue weighted by Crippen LogP contribution is -2.77. The Morgan fingerprint density at radius 2 is 0.826 bits per heavy atom. The Morgan fingerprint density at radius 1 is 0.565 bits per heavy atom. The molecular weight excluding hydrogens is 298 g/mol. The first-order valence-corrected chi connectivity index (χ1v) is 12.4. The normalized spacial score (nSPS) is 13.0. The zero-order chi connectivity index (χ0) is 17.9. The van der Waals surface area contributed by atoms with Crippen molar-refractivity contribution in [1.29, 1.82) is 0 Å². The maximum absolute atomic E-state index is 4.11. The van der Waals surface area contributed by atoms with Gasteiger partial charge in [0.2, 0.25) is 0 Å². The van der Waals surface area contributed by atoms with Crippen molar-refractivity contribution >= 4 is 8.56 Å². The fourth-order valence-electron chi connectivity index (χ4n) is 3.44. The van der Waals surface area contributed by atoms with Gasteiger partial charge in [0.15, 0.2) is 0 Å². The van der Waals surface area contributed by atoms with Crippen molar-refractivity contribution in [1.82, 2.24) is 14.9 Å². The van der Waals surface area contributed by atoms with Gasteiger partial charge in [-0.2, -0.15) is 0 Å². The van der Waals surface area contributed by atoms with E-state index in [2.05, 4.69) is 70.3 Å². The maximum Gasteiger partial charge on any atom is 0.282 e.